The van der Waals surface area contributed by atoms with Crippen LogP contribution in [0.2, 0.25) is 0 Å². The van der Waals surface area contributed by atoms with Crippen LogP contribution in [0.5, 0.6) is 0 Å². The summed E-state index contributed by atoms with van der Waals surface area (Å²) < 4.78 is 68.4. The third-order valence-electron chi connectivity index (χ3n) is 7.05. The lowest BCUT2D eigenvalue weighted by atomic mass is 9.69. The molecule has 2 aromatic carbocycles. The van der Waals surface area contributed by atoms with Crippen LogP contribution in [0.15, 0.2) is 36.4 Å². The van der Waals surface area contributed by atoms with Crippen molar-refractivity contribution in [2.45, 2.75) is 43.6 Å². The fraction of sp³-hybridized carbons (Fsp3) is 0.400. The van der Waals surface area contributed by atoms with Gasteiger partial charge in [-0.2, -0.15) is 0 Å². The van der Waals surface area contributed by atoms with Gasteiger partial charge in [0.25, 0.3) is 5.92 Å². The molecule has 0 saturated heterocycles. The highest BCUT2D eigenvalue weighted by atomic mass is 19.3. The van der Waals surface area contributed by atoms with Crippen LogP contribution in [0.3, 0.4) is 0 Å². The van der Waals surface area contributed by atoms with Crippen molar-refractivity contribution in [2.75, 3.05) is 6.61 Å². The number of aromatic amines is 1. The van der Waals surface area contributed by atoms with Crippen LogP contribution in [-0.2, 0) is 11.2 Å². The van der Waals surface area contributed by atoms with Gasteiger partial charge in [0.1, 0.15) is 17.5 Å². The van der Waals surface area contributed by atoms with Crippen LogP contribution in [0, 0.1) is 29.3 Å². The average Bonchev–Trinajstić information content (AvgIpc) is 3.07. The van der Waals surface area contributed by atoms with Crippen molar-refractivity contribution < 1.29 is 31.9 Å². The maximum Gasteiger partial charge on any atom is 0.252 e. The lowest BCUT2D eigenvalue weighted by molar-refractivity contribution is -0.160. The van der Waals surface area contributed by atoms with Gasteiger partial charge in [-0.1, -0.05) is 0 Å². The number of nitrogens with one attached hydrogen (secondary N) is 2. The Kier molecular flexibility index (Phi) is 5.42. The molecule has 2 fully saturated rings. The summed E-state index contributed by atoms with van der Waals surface area (Å²) in [5, 5.41) is 12.5. The second kappa shape index (κ2) is 8.08. The van der Waals surface area contributed by atoms with Crippen molar-refractivity contribution in [1.82, 2.24) is 10.3 Å². The van der Waals surface area contributed by atoms with E-state index in [4.69, 9.17) is 0 Å². The number of amides is 1. The molecule has 5 rings (SSSR count). The summed E-state index contributed by atoms with van der Waals surface area (Å²) in [4.78, 5) is 15.6. The van der Waals surface area contributed by atoms with Gasteiger partial charge >= 0.3 is 0 Å². The van der Waals surface area contributed by atoms with Crippen molar-refractivity contribution in [3.63, 3.8) is 0 Å². The molecule has 0 aliphatic heterocycles. The molecule has 2 saturated carbocycles. The molecule has 0 spiro atoms. The molecule has 0 atom stereocenters. The van der Waals surface area contributed by atoms with Crippen molar-refractivity contribution in [1.29, 1.82) is 0 Å². The van der Waals surface area contributed by atoms with E-state index < -0.39 is 48.4 Å². The molecule has 2 aliphatic carbocycles. The number of aliphatic hydroxyl groups excluding tert-OH is 1. The molecule has 2 aliphatic rings. The molecule has 3 aromatic rings. The Labute approximate surface area is 192 Å². The summed E-state index contributed by atoms with van der Waals surface area (Å²) in [6.07, 6.45) is 0.245. The second-order valence-corrected chi connectivity index (χ2v) is 9.67. The number of rotatable bonds is 6. The minimum absolute atomic E-state index is 0.0354. The quantitative estimate of drug-likeness (QED) is 0.432. The summed E-state index contributed by atoms with van der Waals surface area (Å²) >= 11 is 0. The van der Waals surface area contributed by atoms with Gasteiger partial charge in [-0.3, -0.25) is 4.79 Å². The second-order valence-electron chi connectivity index (χ2n) is 9.67. The highest BCUT2D eigenvalue weighted by Gasteiger charge is 2.57. The first-order valence-corrected chi connectivity index (χ1v) is 11.1. The summed E-state index contributed by atoms with van der Waals surface area (Å²) in [6, 6.07) is 7.72. The highest BCUT2D eigenvalue weighted by molar-refractivity contribution is 5.91. The molecule has 1 amide bonds. The molecule has 0 unspecified atom stereocenters. The average molecular weight is 478 g/mol. The van der Waals surface area contributed by atoms with Gasteiger partial charge in [0.05, 0.1) is 17.7 Å². The van der Waals surface area contributed by atoms with Crippen LogP contribution < -0.4 is 5.32 Å². The maximum absolute atomic E-state index is 14.4. The number of H-pyrrole nitrogens is 1. The first-order valence-electron chi connectivity index (χ1n) is 11.1. The van der Waals surface area contributed by atoms with Crippen molar-refractivity contribution in [3.8, 4) is 11.3 Å². The summed E-state index contributed by atoms with van der Waals surface area (Å²) in [5.41, 5.74) is 0.738. The van der Waals surface area contributed by atoms with Crippen LogP contribution in [0.4, 0.5) is 22.0 Å². The van der Waals surface area contributed by atoms with Crippen LogP contribution in [-0.4, -0.2) is 34.1 Å². The van der Waals surface area contributed by atoms with E-state index in [-0.39, 0.29) is 23.3 Å². The van der Waals surface area contributed by atoms with E-state index in [0.717, 1.165) is 6.07 Å². The molecule has 180 valence electrons. The SMILES string of the molecule is O=C(NC1(CO)CC(F)(F)C1)C1CC(Cc2c(-c3ccc(F)cc3)[nH]c3c(F)cc(F)cc23)C1. The Morgan fingerprint density at radius 2 is 1.74 bits per heavy atom. The molecule has 3 N–H and O–H groups in total. The smallest absolute Gasteiger partial charge is 0.252 e. The van der Waals surface area contributed by atoms with E-state index in [2.05, 4.69) is 10.3 Å². The molecule has 0 radical (unpaired) electrons. The zero-order chi connectivity index (χ0) is 24.3. The predicted molar refractivity (Wildman–Crippen MR) is 116 cm³/mol. The monoisotopic (exact) mass is 478 g/mol. The first-order chi connectivity index (χ1) is 16.1. The van der Waals surface area contributed by atoms with Crippen molar-refractivity contribution >= 4 is 16.8 Å². The maximum atomic E-state index is 14.4. The predicted octanol–water partition coefficient (Wildman–Crippen LogP) is 5.10. The van der Waals surface area contributed by atoms with Gasteiger partial charge in [-0.15, -0.1) is 0 Å². The fourth-order valence-electron chi connectivity index (χ4n) is 5.30. The Bertz CT molecular complexity index is 1240. The minimum Gasteiger partial charge on any atom is -0.394 e. The molecule has 0 bridgehead atoms. The Morgan fingerprint density at radius 3 is 2.35 bits per heavy atom. The number of aliphatic hydroxyl groups is 1. The summed E-state index contributed by atoms with van der Waals surface area (Å²) in [6.45, 7) is -0.544. The number of carbonyl (C=O) groups is 1. The van der Waals surface area contributed by atoms with Gasteiger partial charge in [0.2, 0.25) is 5.91 Å². The van der Waals surface area contributed by atoms with E-state index in [9.17, 15) is 31.9 Å². The number of carbonyl (C=O) groups excluding carboxylic acids is 1. The fourth-order valence-corrected chi connectivity index (χ4v) is 5.30. The van der Waals surface area contributed by atoms with E-state index in [1.165, 1.54) is 18.2 Å². The lowest BCUT2D eigenvalue weighted by Crippen LogP contribution is -2.65. The van der Waals surface area contributed by atoms with Crippen molar-refractivity contribution in [3.05, 3.63) is 59.4 Å². The minimum atomic E-state index is -2.88. The van der Waals surface area contributed by atoms with Gasteiger partial charge in [0.15, 0.2) is 0 Å². The van der Waals surface area contributed by atoms with E-state index in [1.54, 1.807) is 12.1 Å². The zero-order valence-corrected chi connectivity index (χ0v) is 18.1. The normalized spacial score (nSPS) is 22.8. The number of hydrogen-bond acceptors (Lipinski definition) is 2. The number of fused-ring (bicyclic) bond motifs is 1. The molecule has 1 heterocycles. The number of aromatic nitrogens is 1. The van der Waals surface area contributed by atoms with E-state index in [0.29, 0.717) is 41.5 Å². The standard InChI is InChI=1S/C25H23F5N2O2/c26-16-3-1-14(2-4-16)21-18(19-8-17(27)9-20(28)22(19)31-21)7-13-5-15(6-13)23(34)32-24(12-33)10-25(29,30)11-24/h1-4,8-9,13,15,31,33H,5-7,10-12H2,(H,32,34). The van der Waals surface area contributed by atoms with Gasteiger partial charge < -0.3 is 15.4 Å². The third-order valence-corrected chi connectivity index (χ3v) is 7.05. The van der Waals surface area contributed by atoms with Gasteiger partial charge in [0, 0.05) is 35.9 Å². The number of hydrogen-bond donors (Lipinski definition) is 3. The molecule has 34 heavy (non-hydrogen) atoms. The summed E-state index contributed by atoms with van der Waals surface area (Å²) in [5.74, 6) is -5.46. The van der Waals surface area contributed by atoms with Crippen LogP contribution in [0.1, 0.15) is 31.2 Å². The van der Waals surface area contributed by atoms with Gasteiger partial charge in [-0.05, 0) is 66.6 Å². The van der Waals surface area contributed by atoms with Crippen LogP contribution >= 0.6 is 0 Å². The van der Waals surface area contributed by atoms with E-state index in [1.807, 2.05) is 0 Å². The summed E-state index contributed by atoms with van der Waals surface area (Å²) in [7, 11) is 0. The van der Waals surface area contributed by atoms with Crippen molar-refractivity contribution in [2.24, 2.45) is 11.8 Å². The van der Waals surface area contributed by atoms with E-state index >= 15 is 0 Å². The van der Waals surface area contributed by atoms with Gasteiger partial charge in [-0.25, -0.2) is 22.0 Å². The molecular weight excluding hydrogens is 455 g/mol. The number of alkyl halides is 2. The molecule has 4 nitrogen and oxygen atoms in total. The Balaban J connectivity index is 1.34. The molecule has 9 heteroatoms. The third kappa shape index (κ3) is 4.06. The number of benzene rings is 2. The Morgan fingerprint density at radius 1 is 1.06 bits per heavy atom. The largest absolute Gasteiger partial charge is 0.394 e. The first kappa shape index (κ1) is 22.8. The zero-order valence-electron chi connectivity index (χ0n) is 18.1. The highest BCUT2D eigenvalue weighted by Crippen LogP contribution is 2.46. The molecule has 1 aromatic heterocycles. The number of halogens is 5. The lowest BCUT2D eigenvalue weighted by Gasteiger charge is -2.48. The molecular formula is C25H23F5N2O2. The Hall–Kier alpha value is -2.94. The topological polar surface area (TPSA) is 65.1 Å². The van der Waals surface area contributed by atoms with Crippen LogP contribution in [0.25, 0.3) is 22.2 Å².